The van der Waals surface area contributed by atoms with Crippen molar-refractivity contribution in [3.63, 3.8) is 0 Å². The number of esters is 1. The van der Waals surface area contributed by atoms with E-state index >= 15 is 8.42 Å². The van der Waals surface area contributed by atoms with Crippen LogP contribution in [0.2, 0.25) is 0 Å². The lowest BCUT2D eigenvalue weighted by Gasteiger charge is -2.36. The molecular formula is C39H55NO7S. The van der Waals surface area contributed by atoms with Gasteiger partial charge in [0.05, 0.1) is 18.6 Å². The summed E-state index contributed by atoms with van der Waals surface area (Å²) in [7, 11) is -2.85. The summed E-state index contributed by atoms with van der Waals surface area (Å²) in [5, 5.41) is 10.7. The van der Waals surface area contributed by atoms with E-state index < -0.39 is 56.2 Å². The minimum atomic E-state index is -4.40. The van der Waals surface area contributed by atoms with Crippen LogP contribution in [-0.2, 0) is 35.1 Å². The molecule has 0 spiro atoms. The molecule has 0 aliphatic carbocycles. The van der Waals surface area contributed by atoms with E-state index in [-0.39, 0.29) is 13.3 Å². The number of rotatable bonds is 13. The molecule has 0 saturated carbocycles. The van der Waals surface area contributed by atoms with Crippen molar-refractivity contribution in [2.24, 2.45) is 0 Å². The number of hydrogen-bond acceptors (Lipinski definition) is 7. The van der Waals surface area contributed by atoms with Crippen LogP contribution in [0.4, 0.5) is 0 Å². The highest BCUT2D eigenvalue weighted by molar-refractivity contribution is 7.89. The van der Waals surface area contributed by atoms with Crippen LogP contribution in [0.15, 0.2) is 72.8 Å². The fourth-order valence-corrected chi connectivity index (χ4v) is 7.91. The van der Waals surface area contributed by atoms with E-state index in [0.29, 0.717) is 11.3 Å². The van der Waals surface area contributed by atoms with Crippen molar-refractivity contribution >= 4 is 16.0 Å². The van der Waals surface area contributed by atoms with Gasteiger partial charge in [-0.2, -0.15) is 4.31 Å². The van der Waals surface area contributed by atoms with Gasteiger partial charge in [0.15, 0.2) is 6.79 Å². The van der Waals surface area contributed by atoms with Gasteiger partial charge in [-0.25, -0.2) is 8.42 Å². The van der Waals surface area contributed by atoms with Crippen molar-refractivity contribution < 1.29 is 32.5 Å². The number of nitrogens with zero attached hydrogens (tertiary/aromatic N) is 1. The van der Waals surface area contributed by atoms with Crippen molar-refractivity contribution in [2.75, 3.05) is 20.4 Å². The number of hydrogen-bond donors (Lipinski definition) is 1. The zero-order valence-electron chi connectivity index (χ0n) is 30.5. The Labute approximate surface area is 288 Å². The third kappa shape index (κ3) is 9.68. The van der Waals surface area contributed by atoms with E-state index in [4.69, 9.17) is 14.2 Å². The van der Waals surface area contributed by atoms with Crippen LogP contribution < -0.4 is 4.74 Å². The van der Waals surface area contributed by atoms with Gasteiger partial charge in [-0.3, -0.25) is 4.79 Å². The standard InChI is InChI=1S/C39H55NO7S/c1-12-40(34(27-19-15-13-16-20-27)28-21-17-14-18-22-28)48(43,44)32(25-33(41)47-39(8,9)10)35(42)29-23-30(37(2,3)4)36(46-26-45-11)31(24-29)38(5,6)7/h13-24,32,34-35,42H,12,25-26H2,1-11H3. The third-order valence-corrected chi connectivity index (χ3v) is 10.4. The van der Waals surface area contributed by atoms with E-state index in [1.54, 1.807) is 46.9 Å². The number of carbonyl (C=O) groups excluding carboxylic acids is 1. The average Bonchev–Trinajstić information content (AvgIpc) is 2.99. The molecule has 3 aromatic carbocycles. The van der Waals surface area contributed by atoms with Crippen LogP contribution >= 0.6 is 0 Å². The second-order valence-corrected chi connectivity index (χ2v) is 17.3. The van der Waals surface area contributed by atoms with E-state index in [1.807, 2.05) is 102 Å². The highest BCUT2D eigenvalue weighted by atomic mass is 32.2. The molecule has 0 saturated heterocycles. The molecule has 0 aliphatic heterocycles. The van der Waals surface area contributed by atoms with Gasteiger partial charge >= 0.3 is 5.97 Å². The Hall–Kier alpha value is -3.24. The SMILES string of the molecule is CCN(C(c1ccccc1)c1ccccc1)S(=O)(=O)C(CC(=O)OC(C)(C)C)C(O)c1cc(C(C)(C)C)c(OCOC)c(C(C)(C)C)c1. The van der Waals surface area contributed by atoms with Gasteiger partial charge < -0.3 is 19.3 Å². The van der Waals surface area contributed by atoms with Crippen LogP contribution in [0.1, 0.15) is 116 Å². The number of carbonyl (C=O) groups is 1. The van der Waals surface area contributed by atoms with Crippen molar-refractivity contribution in [3.05, 3.63) is 101 Å². The van der Waals surface area contributed by atoms with E-state index in [0.717, 1.165) is 22.3 Å². The smallest absolute Gasteiger partial charge is 0.307 e. The summed E-state index contributed by atoms with van der Waals surface area (Å²) in [6.45, 7) is 19.3. The molecule has 48 heavy (non-hydrogen) atoms. The van der Waals surface area contributed by atoms with Crippen molar-refractivity contribution in [1.29, 1.82) is 0 Å². The number of aliphatic hydroxyl groups is 1. The Morgan fingerprint density at radius 2 is 1.25 bits per heavy atom. The van der Waals surface area contributed by atoms with Gasteiger partial charge in [0.2, 0.25) is 10.0 Å². The molecule has 0 radical (unpaired) electrons. The van der Waals surface area contributed by atoms with Crippen LogP contribution in [0.5, 0.6) is 5.75 Å². The summed E-state index contributed by atoms with van der Waals surface area (Å²) in [6, 6.07) is 21.7. The summed E-state index contributed by atoms with van der Waals surface area (Å²) in [5.74, 6) is -0.0861. The van der Waals surface area contributed by atoms with Gasteiger partial charge in [-0.05, 0) is 60.4 Å². The molecule has 3 rings (SSSR count). The van der Waals surface area contributed by atoms with Gasteiger partial charge in [0.25, 0.3) is 0 Å². The minimum absolute atomic E-state index is 0.0233. The summed E-state index contributed by atoms with van der Waals surface area (Å²) in [6.07, 6.45) is -2.13. The lowest BCUT2D eigenvalue weighted by Crippen LogP contribution is -2.45. The molecule has 8 nitrogen and oxygen atoms in total. The van der Waals surface area contributed by atoms with Gasteiger partial charge in [-0.15, -0.1) is 0 Å². The van der Waals surface area contributed by atoms with Crippen molar-refractivity contribution in [3.8, 4) is 5.75 Å². The Balaban J connectivity index is 2.31. The molecule has 1 N–H and O–H groups in total. The fraction of sp³-hybridized carbons (Fsp3) is 0.513. The predicted octanol–water partition coefficient (Wildman–Crippen LogP) is 7.84. The highest BCUT2D eigenvalue weighted by Crippen LogP contribution is 2.44. The Bertz CT molecular complexity index is 1530. The first-order valence-corrected chi connectivity index (χ1v) is 18.0. The summed E-state index contributed by atoms with van der Waals surface area (Å²) in [4.78, 5) is 13.4. The van der Waals surface area contributed by atoms with Crippen LogP contribution in [0.25, 0.3) is 0 Å². The largest absolute Gasteiger partial charge is 0.467 e. The molecule has 9 heteroatoms. The monoisotopic (exact) mass is 681 g/mol. The fourth-order valence-electron chi connectivity index (χ4n) is 5.83. The molecule has 2 atom stereocenters. The van der Waals surface area contributed by atoms with Crippen LogP contribution in [0.3, 0.4) is 0 Å². The number of benzene rings is 3. The normalized spacial score (nSPS) is 14.2. The van der Waals surface area contributed by atoms with E-state index in [9.17, 15) is 9.90 Å². The van der Waals surface area contributed by atoms with Crippen molar-refractivity contribution in [1.82, 2.24) is 4.31 Å². The molecule has 0 amide bonds. The quantitative estimate of drug-likeness (QED) is 0.145. The Morgan fingerprint density at radius 1 is 0.792 bits per heavy atom. The van der Waals surface area contributed by atoms with Crippen molar-refractivity contribution in [2.45, 2.75) is 109 Å². The van der Waals surface area contributed by atoms with Gasteiger partial charge in [-0.1, -0.05) is 109 Å². The summed E-state index contributed by atoms with van der Waals surface area (Å²) >= 11 is 0. The summed E-state index contributed by atoms with van der Waals surface area (Å²) in [5.41, 5.74) is 1.74. The maximum atomic E-state index is 15.1. The zero-order valence-corrected chi connectivity index (χ0v) is 31.4. The number of sulfonamides is 1. The topological polar surface area (TPSA) is 102 Å². The number of methoxy groups -OCH3 is 1. The molecule has 0 aliphatic rings. The van der Waals surface area contributed by atoms with Gasteiger partial charge in [0, 0.05) is 24.8 Å². The molecule has 264 valence electrons. The molecule has 0 heterocycles. The third-order valence-electron chi connectivity index (χ3n) is 8.07. The van der Waals surface area contributed by atoms with E-state index in [1.165, 1.54) is 4.31 Å². The predicted molar refractivity (Wildman–Crippen MR) is 192 cm³/mol. The molecule has 2 unspecified atom stereocenters. The zero-order chi connectivity index (χ0) is 36.1. The second kappa shape index (κ2) is 15.5. The molecule has 0 aromatic heterocycles. The molecular weight excluding hydrogens is 626 g/mol. The minimum Gasteiger partial charge on any atom is -0.467 e. The Kier molecular flexibility index (Phi) is 12.7. The average molecular weight is 682 g/mol. The van der Waals surface area contributed by atoms with Gasteiger partial charge in [0.1, 0.15) is 16.6 Å². The first kappa shape index (κ1) is 39.2. The lowest BCUT2D eigenvalue weighted by molar-refractivity contribution is -0.155. The number of aliphatic hydroxyl groups excluding tert-OH is 1. The Morgan fingerprint density at radius 3 is 1.62 bits per heavy atom. The van der Waals surface area contributed by atoms with E-state index in [2.05, 4.69) is 0 Å². The number of ether oxygens (including phenoxy) is 3. The molecule has 0 fully saturated rings. The first-order chi connectivity index (χ1) is 22.2. The molecule has 3 aromatic rings. The summed E-state index contributed by atoms with van der Waals surface area (Å²) < 4.78 is 48.5. The first-order valence-electron chi connectivity index (χ1n) is 16.5. The maximum absolute atomic E-state index is 15.1. The van der Waals surface area contributed by atoms with Crippen LogP contribution in [-0.4, -0.2) is 55.1 Å². The molecule has 0 bridgehead atoms. The highest BCUT2D eigenvalue weighted by Gasteiger charge is 2.44. The second-order valence-electron chi connectivity index (χ2n) is 15.2. The van der Waals surface area contributed by atoms with Crippen LogP contribution in [0, 0.1) is 0 Å². The maximum Gasteiger partial charge on any atom is 0.307 e. The lowest BCUT2D eigenvalue weighted by atomic mass is 9.77.